The molecule has 5 heteroatoms. The second kappa shape index (κ2) is 8.97. The third kappa shape index (κ3) is 4.16. The molecule has 1 aromatic heterocycles. The minimum absolute atomic E-state index is 0.138. The summed E-state index contributed by atoms with van der Waals surface area (Å²) in [6.07, 6.45) is 0. The van der Waals surface area contributed by atoms with Gasteiger partial charge >= 0.3 is 0 Å². The van der Waals surface area contributed by atoms with Crippen molar-refractivity contribution >= 4 is 16.9 Å². The van der Waals surface area contributed by atoms with Crippen molar-refractivity contribution < 1.29 is 4.79 Å². The number of carbonyl (C=O) groups excluding carboxylic acids is 1. The summed E-state index contributed by atoms with van der Waals surface area (Å²) in [7, 11) is 0. The molecule has 0 N–H and O–H groups in total. The number of piperazine rings is 1. The van der Waals surface area contributed by atoms with Crippen molar-refractivity contribution in [2.75, 3.05) is 26.2 Å². The first-order valence-corrected chi connectivity index (χ1v) is 11.2. The van der Waals surface area contributed by atoms with Gasteiger partial charge in [-0.1, -0.05) is 60.7 Å². The fourth-order valence-corrected chi connectivity index (χ4v) is 4.48. The van der Waals surface area contributed by atoms with Gasteiger partial charge in [0.25, 0.3) is 5.91 Å². The van der Waals surface area contributed by atoms with E-state index in [2.05, 4.69) is 51.9 Å². The molecule has 0 unspecified atom stereocenters. The number of nitrogens with zero attached hydrogens (tertiary/aromatic N) is 4. The van der Waals surface area contributed by atoms with Gasteiger partial charge in [-0.05, 0) is 36.2 Å². The lowest BCUT2D eigenvalue weighted by molar-refractivity contribution is 0.0623. The number of aromatic nitrogens is 2. The van der Waals surface area contributed by atoms with Crippen molar-refractivity contribution in [3.8, 4) is 0 Å². The summed E-state index contributed by atoms with van der Waals surface area (Å²) < 4.78 is 2.33. The maximum absolute atomic E-state index is 13.0. The first-order valence-electron chi connectivity index (χ1n) is 11.2. The molecule has 1 fully saturated rings. The van der Waals surface area contributed by atoms with Crippen molar-refractivity contribution in [3.63, 3.8) is 0 Å². The van der Waals surface area contributed by atoms with Gasteiger partial charge in [0.05, 0.1) is 17.6 Å². The van der Waals surface area contributed by atoms with Crippen LogP contribution in [-0.4, -0.2) is 51.4 Å². The van der Waals surface area contributed by atoms with Gasteiger partial charge in [0, 0.05) is 38.3 Å². The summed E-state index contributed by atoms with van der Waals surface area (Å²) in [5.41, 5.74) is 5.32. The molecule has 3 aromatic carbocycles. The first-order chi connectivity index (χ1) is 15.7. The molecule has 1 saturated heterocycles. The number of aryl methyl sites for hydroxylation is 1. The van der Waals surface area contributed by atoms with Gasteiger partial charge in [-0.15, -0.1) is 0 Å². The molecule has 0 bridgehead atoms. The van der Waals surface area contributed by atoms with E-state index in [1.165, 1.54) is 11.1 Å². The second-order valence-corrected chi connectivity index (χ2v) is 8.47. The van der Waals surface area contributed by atoms with Crippen LogP contribution in [0.4, 0.5) is 0 Å². The standard InChI is InChI=1S/C27H28N4O/c1-21-9-5-6-12-23(21)27(32)30-17-15-29(16-18-30)20-26-28-24-13-7-8-14-25(24)31(26)19-22-10-3-2-4-11-22/h2-14H,15-20H2,1H3. The summed E-state index contributed by atoms with van der Waals surface area (Å²) >= 11 is 0. The van der Waals surface area contributed by atoms with Crippen LogP contribution in [-0.2, 0) is 13.1 Å². The van der Waals surface area contributed by atoms with E-state index in [-0.39, 0.29) is 5.91 Å². The van der Waals surface area contributed by atoms with Gasteiger partial charge < -0.3 is 9.47 Å². The van der Waals surface area contributed by atoms with E-state index in [0.29, 0.717) is 0 Å². The third-order valence-electron chi connectivity index (χ3n) is 6.32. The first kappa shape index (κ1) is 20.5. The fourth-order valence-electron chi connectivity index (χ4n) is 4.48. The molecule has 5 rings (SSSR count). The van der Waals surface area contributed by atoms with Crippen LogP contribution < -0.4 is 0 Å². The molecular weight excluding hydrogens is 396 g/mol. The topological polar surface area (TPSA) is 41.4 Å². The van der Waals surface area contributed by atoms with Crippen LogP contribution in [0, 0.1) is 6.92 Å². The third-order valence-corrected chi connectivity index (χ3v) is 6.32. The van der Waals surface area contributed by atoms with Crippen molar-refractivity contribution in [2.45, 2.75) is 20.0 Å². The van der Waals surface area contributed by atoms with Crippen LogP contribution in [0.5, 0.6) is 0 Å². The molecule has 5 nitrogen and oxygen atoms in total. The van der Waals surface area contributed by atoms with Gasteiger partial charge in [-0.2, -0.15) is 0 Å². The lowest BCUT2D eigenvalue weighted by Gasteiger charge is -2.34. The molecule has 0 aliphatic carbocycles. The van der Waals surface area contributed by atoms with E-state index in [1.54, 1.807) is 0 Å². The van der Waals surface area contributed by atoms with Crippen molar-refractivity contribution in [3.05, 3.63) is 101 Å². The van der Waals surface area contributed by atoms with E-state index < -0.39 is 0 Å². The monoisotopic (exact) mass is 424 g/mol. The van der Waals surface area contributed by atoms with Crippen molar-refractivity contribution in [1.82, 2.24) is 19.4 Å². The van der Waals surface area contributed by atoms with Crippen LogP contribution in [0.1, 0.15) is 27.3 Å². The Morgan fingerprint density at radius 3 is 2.28 bits per heavy atom. The predicted octanol–water partition coefficient (Wildman–Crippen LogP) is 4.35. The van der Waals surface area contributed by atoms with E-state index >= 15 is 0 Å². The zero-order chi connectivity index (χ0) is 21.9. The highest BCUT2D eigenvalue weighted by Gasteiger charge is 2.24. The second-order valence-electron chi connectivity index (χ2n) is 8.47. The van der Waals surface area contributed by atoms with Crippen LogP contribution in [0.15, 0.2) is 78.9 Å². The quantitative estimate of drug-likeness (QED) is 0.478. The number of para-hydroxylation sites is 2. The molecule has 32 heavy (non-hydrogen) atoms. The van der Waals surface area contributed by atoms with E-state index in [1.807, 2.05) is 48.2 Å². The van der Waals surface area contributed by atoms with Crippen LogP contribution >= 0.6 is 0 Å². The van der Waals surface area contributed by atoms with Crippen LogP contribution in [0.25, 0.3) is 11.0 Å². The van der Waals surface area contributed by atoms with E-state index in [4.69, 9.17) is 4.98 Å². The maximum atomic E-state index is 13.0. The maximum Gasteiger partial charge on any atom is 0.254 e. The molecule has 0 radical (unpaired) electrons. The van der Waals surface area contributed by atoms with E-state index in [9.17, 15) is 4.79 Å². The van der Waals surface area contributed by atoms with Gasteiger partial charge in [-0.3, -0.25) is 9.69 Å². The fraction of sp³-hybridized carbons (Fsp3) is 0.259. The Morgan fingerprint density at radius 1 is 0.812 bits per heavy atom. The zero-order valence-corrected chi connectivity index (χ0v) is 18.4. The average Bonchev–Trinajstić information content (AvgIpc) is 3.17. The van der Waals surface area contributed by atoms with Gasteiger partial charge in [-0.25, -0.2) is 4.98 Å². The lowest BCUT2D eigenvalue weighted by atomic mass is 10.1. The van der Waals surface area contributed by atoms with Crippen molar-refractivity contribution in [1.29, 1.82) is 0 Å². The molecule has 1 amide bonds. The van der Waals surface area contributed by atoms with Crippen LogP contribution in [0.3, 0.4) is 0 Å². The Labute approximate surface area is 188 Å². The Balaban J connectivity index is 1.31. The van der Waals surface area contributed by atoms with Crippen molar-refractivity contribution in [2.24, 2.45) is 0 Å². The number of hydrogen-bond acceptors (Lipinski definition) is 3. The highest BCUT2D eigenvalue weighted by atomic mass is 16.2. The Kier molecular flexibility index (Phi) is 5.73. The summed E-state index contributed by atoms with van der Waals surface area (Å²) in [6, 6.07) is 26.7. The largest absolute Gasteiger partial charge is 0.336 e. The number of rotatable bonds is 5. The molecule has 0 atom stereocenters. The highest BCUT2D eigenvalue weighted by Crippen LogP contribution is 2.20. The van der Waals surface area contributed by atoms with Gasteiger partial charge in [0.2, 0.25) is 0 Å². The molecule has 1 aliphatic heterocycles. The summed E-state index contributed by atoms with van der Waals surface area (Å²) in [4.78, 5) is 22.3. The predicted molar refractivity (Wildman–Crippen MR) is 128 cm³/mol. The number of benzene rings is 3. The van der Waals surface area contributed by atoms with Crippen LogP contribution in [0.2, 0.25) is 0 Å². The normalized spacial score (nSPS) is 14.7. The molecule has 2 heterocycles. The minimum atomic E-state index is 0.138. The minimum Gasteiger partial charge on any atom is -0.336 e. The number of carbonyl (C=O) groups is 1. The summed E-state index contributed by atoms with van der Waals surface area (Å²) in [5, 5.41) is 0. The number of hydrogen-bond donors (Lipinski definition) is 0. The molecule has 4 aromatic rings. The number of amides is 1. The number of imidazole rings is 1. The van der Waals surface area contributed by atoms with Gasteiger partial charge in [0.15, 0.2) is 0 Å². The molecule has 0 saturated carbocycles. The molecule has 162 valence electrons. The number of fused-ring (bicyclic) bond motifs is 1. The Hall–Kier alpha value is -3.44. The van der Waals surface area contributed by atoms with Gasteiger partial charge in [0.1, 0.15) is 5.82 Å². The molecular formula is C27H28N4O. The summed E-state index contributed by atoms with van der Waals surface area (Å²) in [5.74, 6) is 1.22. The molecule has 0 spiro atoms. The summed E-state index contributed by atoms with van der Waals surface area (Å²) in [6.45, 7) is 6.79. The van der Waals surface area contributed by atoms with E-state index in [0.717, 1.165) is 61.7 Å². The SMILES string of the molecule is Cc1ccccc1C(=O)N1CCN(Cc2nc3ccccc3n2Cc2ccccc2)CC1. The lowest BCUT2D eigenvalue weighted by Crippen LogP contribution is -2.48. The zero-order valence-electron chi connectivity index (χ0n) is 18.4. The average molecular weight is 425 g/mol. The molecule has 1 aliphatic rings. The Morgan fingerprint density at radius 2 is 1.50 bits per heavy atom. The Bertz CT molecular complexity index is 1220. The smallest absolute Gasteiger partial charge is 0.254 e. The highest BCUT2D eigenvalue weighted by molar-refractivity contribution is 5.95.